The molecule has 0 amide bonds. The molecule has 10 rings (SSSR count). The van der Waals surface area contributed by atoms with E-state index in [-0.39, 0.29) is 113 Å². The molecule has 0 saturated heterocycles. The zero-order chi connectivity index (χ0) is 62.9. The van der Waals surface area contributed by atoms with Crippen LogP contribution in [-0.4, -0.2) is 11.6 Å². The number of hydrogen-bond donors (Lipinski definition) is 0. The lowest BCUT2D eigenvalue weighted by Gasteiger charge is -2.28. The number of benzene rings is 9. The van der Waals surface area contributed by atoms with Gasteiger partial charge >= 0.3 is 12.4 Å². The summed E-state index contributed by atoms with van der Waals surface area (Å²) in [6, 6.07) is 53.8. The lowest BCUT2D eigenvalue weighted by Crippen LogP contribution is -2.14. The van der Waals surface area contributed by atoms with E-state index >= 15 is 13.2 Å². The molecular weight excluding hydrogens is 1120 g/mol. The summed E-state index contributed by atoms with van der Waals surface area (Å²) in [5, 5.41) is 103. The zero-order valence-electron chi connectivity index (χ0n) is 45.5. The van der Waals surface area contributed by atoms with Crippen molar-refractivity contribution >= 4 is 33.2 Å². The number of nitrogens with zero attached hydrogens (tertiary/aromatic N) is 12. The lowest BCUT2D eigenvalue weighted by molar-refractivity contribution is -0.142. The van der Waals surface area contributed by atoms with Gasteiger partial charge in [0, 0.05) is 57.0 Å². The van der Waals surface area contributed by atoms with E-state index in [0.29, 0.717) is 55.8 Å². The average Bonchev–Trinajstić information content (AvgIpc) is 1.91. The summed E-state index contributed by atoms with van der Waals surface area (Å²) in [5.41, 5.74) is 0.423. The molecule has 414 valence electrons. The highest BCUT2D eigenvalue weighted by molar-refractivity contribution is 6.13. The van der Waals surface area contributed by atoms with Crippen LogP contribution in [0.4, 0.5) is 37.7 Å². The van der Waals surface area contributed by atoms with Crippen LogP contribution in [0.15, 0.2) is 158 Å². The number of aromatic nitrogens is 1. The fourth-order valence-corrected chi connectivity index (χ4v) is 11.2. The van der Waals surface area contributed by atoms with Gasteiger partial charge in [-0.15, -0.1) is 6.58 Å². The lowest BCUT2D eigenvalue weighted by atomic mass is 9.89. The first-order valence-electron chi connectivity index (χ1n) is 26.0. The van der Waals surface area contributed by atoms with E-state index in [2.05, 4.69) is 49.1 Å². The summed E-state index contributed by atoms with van der Waals surface area (Å²) in [4.78, 5) is 1.69. The maximum atomic E-state index is 15.2. The standard InChI is InChI=1S/C70H32F6N12/c1-3-5-43-24-44(65-48(33-81)18-39(29-77)19-49(65)34-82)9-14-60(43)87(2)61-15-8-42(55-13-12-54(69(71,72)73)28-59(55)70(74,75)76)25-58(61)68-47(32-80)6-4-7-64(68)88-62-16-10-45(66-50(35-83)20-40(30-78)21-51(66)36-84)26-56(62)57-27-46(11-17-63(57)88)67-52(37-85)22-41(31-79)23-53(67)38-86/h3-4,6-28H,1,5H2,2H3. The minimum atomic E-state index is -5.31. The molecule has 9 aromatic carbocycles. The number of anilines is 2. The number of alkyl halides is 6. The van der Waals surface area contributed by atoms with E-state index in [1.165, 1.54) is 60.7 Å². The van der Waals surface area contributed by atoms with Gasteiger partial charge in [-0.3, -0.25) is 0 Å². The topological polar surface area (TPSA) is 246 Å². The number of rotatable bonds is 10. The van der Waals surface area contributed by atoms with Crippen molar-refractivity contribution in [3.63, 3.8) is 0 Å². The van der Waals surface area contributed by atoms with Crippen LogP contribution < -0.4 is 4.90 Å². The third kappa shape index (κ3) is 10.1. The summed E-state index contributed by atoms with van der Waals surface area (Å²) < 4.78 is 89.7. The van der Waals surface area contributed by atoms with Crippen molar-refractivity contribution in [1.82, 2.24) is 4.57 Å². The molecule has 88 heavy (non-hydrogen) atoms. The second-order valence-electron chi connectivity index (χ2n) is 19.8. The minimum Gasteiger partial charge on any atom is -0.344 e. The van der Waals surface area contributed by atoms with Crippen LogP contribution in [-0.2, 0) is 18.8 Å². The monoisotopic (exact) mass is 1150 g/mol. The minimum absolute atomic E-state index is 0.00414. The number of hydrogen-bond acceptors (Lipinski definition) is 11. The van der Waals surface area contributed by atoms with Gasteiger partial charge in [0.25, 0.3) is 0 Å². The Morgan fingerprint density at radius 3 is 1.27 bits per heavy atom. The van der Waals surface area contributed by atoms with Gasteiger partial charge in [-0.1, -0.05) is 42.5 Å². The Morgan fingerprint density at radius 2 is 0.852 bits per heavy atom. The van der Waals surface area contributed by atoms with Crippen molar-refractivity contribution in [2.45, 2.75) is 18.8 Å². The number of halogens is 6. The first-order valence-corrected chi connectivity index (χ1v) is 26.0. The molecule has 0 unspecified atom stereocenters. The highest BCUT2D eigenvalue weighted by Gasteiger charge is 2.39. The molecule has 1 aromatic heterocycles. The molecule has 0 aliphatic heterocycles. The van der Waals surface area contributed by atoms with Crippen molar-refractivity contribution in [2.75, 3.05) is 11.9 Å². The Kier molecular flexibility index (Phi) is 15.1. The fraction of sp³-hybridized carbons (Fsp3) is 0.0571. The van der Waals surface area contributed by atoms with Crippen molar-refractivity contribution in [1.29, 1.82) is 52.6 Å². The smallest absolute Gasteiger partial charge is 0.344 e. The number of nitriles is 10. The molecular formula is C70H32F6N12. The van der Waals surface area contributed by atoms with Crippen molar-refractivity contribution < 1.29 is 26.3 Å². The van der Waals surface area contributed by atoms with E-state index < -0.39 is 29.0 Å². The van der Waals surface area contributed by atoms with Crippen molar-refractivity contribution in [2.24, 2.45) is 0 Å². The molecule has 1 heterocycles. The van der Waals surface area contributed by atoms with Crippen LogP contribution in [0.25, 0.3) is 83.1 Å². The molecule has 18 heteroatoms. The van der Waals surface area contributed by atoms with Gasteiger partial charge in [-0.05, 0) is 149 Å². The van der Waals surface area contributed by atoms with Gasteiger partial charge in [0.2, 0.25) is 0 Å². The molecule has 12 nitrogen and oxygen atoms in total. The number of fused-ring (bicyclic) bond motifs is 3. The van der Waals surface area contributed by atoms with Crippen LogP contribution in [0, 0.1) is 113 Å². The van der Waals surface area contributed by atoms with Gasteiger partial charge in [-0.2, -0.15) is 79.0 Å². The normalized spacial score (nSPS) is 10.9. The van der Waals surface area contributed by atoms with Crippen molar-refractivity contribution in [3.8, 4) is 122 Å². The predicted molar refractivity (Wildman–Crippen MR) is 314 cm³/mol. The zero-order valence-corrected chi connectivity index (χ0v) is 45.5. The predicted octanol–water partition coefficient (Wildman–Crippen LogP) is 16.4. The molecule has 0 spiro atoms. The van der Waals surface area contributed by atoms with Gasteiger partial charge in [0.1, 0.15) is 0 Å². The van der Waals surface area contributed by atoms with E-state index in [4.69, 9.17) is 0 Å². The second-order valence-corrected chi connectivity index (χ2v) is 19.8. The molecule has 0 aliphatic rings. The summed E-state index contributed by atoms with van der Waals surface area (Å²) >= 11 is 0. The highest BCUT2D eigenvalue weighted by atomic mass is 19.4. The molecule has 0 N–H and O–H groups in total. The third-order valence-corrected chi connectivity index (χ3v) is 15.0. The molecule has 0 fully saturated rings. The average molecular weight is 1160 g/mol. The molecule has 0 aliphatic carbocycles. The van der Waals surface area contributed by atoms with Crippen LogP contribution in [0.2, 0.25) is 0 Å². The van der Waals surface area contributed by atoms with Crippen LogP contribution in [0.3, 0.4) is 0 Å². The number of allylic oxidation sites excluding steroid dienone is 1. The summed E-state index contributed by atoms with van der Waals surface area (Å²) in [5.74, 6) is 0. The SMILES string of the molecule is C=CCc1cc(-c2c(C#N)cc(C#N)cc2C#N)ccc1N(C)c1ccc(-c2ccc(C(F)(F)F)cc2C(F)(F)F)cc1-c1c(C#N)cccc1-n1c2ccc(-c3c(C#N)cc(C#N)cc3C#N)cc2c2cc(-c3c(C#N)cc(C#N)cc3C#N)ccc21. The van der Waals surface area contributed by atoms with Crippen LogP contribution >= 0.6 is 0 Å². The first-order chi connectivity index (χ1) is 42.3. The van der Waals surface area contributed by atoms with Gasteiger partial charge in [-0.25, -0.2) is 0 Å². The Labute approximate surface area is 497 Å². The van der Waals surface area contributed by atoms with E-state index in [1.54, 1.807) is 89.3 Å². The van der Waals surface area contributed by atoms with E-state index in [1.807, 2.05) is 18.2 Å². The second kappa shape index (κ2) is 22.9. The Morgan fingerprint density at radius 1 is 0.420 bits per heavy atom. The van der Waals surface area contributed by atoms with Gasteiger partial charge < -0.3 is 9.47 Å². The molecule has 0 saturated carbocycles. The first kappa shape index (κ1) is 58.0. The molecule has 10 aromatic rings. The highest BCUT2D eigenvalue weighted by Crippen LogP contribution is 2.49. The van der Waals surface area contributed by atoms with Crippen molar-refractivity contribution in [3.05, 3.63) is 231 Å². The Bertz CT molecular complexity index is 4910. The maximum Gasteiger partial charge on any atom is 0.417 e. The van der Waals surface area contributed by atoms with E-state index in [9.17, 15) is 65.8 Å². The molecule has 0 radical (unpaired) electrons. The fourth-order valence-electron chi connectivity index (χ4n) is 11.2. The quantitative estimate of drug-likeness (QED) is 0.0920. The van der Waals surface area contributed by atoms with Crippen LogP contribution in [0.1, 0.15) is 72.3 Å². The molecule has 0 bridgehead atoms. The summed E-state index contributed by atoms with van der Waals surface area (Å²) in [6.07, 6.45) is -8.71. The van der Waals surface area contributed by atoms with Crippen LogP contribution in [0.5, 0.6) is 0 Å². The summed E-state index contributed by atoms with van der Waals surface area (Å²) in [7, 11) is 1.64. The maximum absolute atomic E-state index is 15.2. The molecule has 0 atom stereocenters. The Balaban J connectivity index is 1.31. The summed E-state index contributed by atoms with van der Waals surface area (Å²) in [6.45, 7) is 3.95. The van der Waals surface area contributed by atoms with E-state index in [0.717, 1.165) is 6.07 Å². The van der Waals surface area contributed by atoms with Gasteiger partial charge in [0.15, 0.2) is 0 Å². The largest absolute Gasteiger partial charge is 0.417 e. The Hall–Kier alpha value is -13.2. The van der Waals surface area contributed by atoms with Gasteiger partial charge in [0.05, 0.1) is 144 Å². The third-order valence-electron chi connectivity index (χ3n) is 15.0.